The second-order valence-electron chi connectivity index (χ2n) is 4.50. The molecule has 1 rings (SSSR count). The molecule has 2 atom stereocenters. The van der Waals surface area contributed by atoms with Gasteiger partial charge in [0.2, 0.25) is 0 Å². The van der Waals surface area contributed by atoms with E-state index < -0.39 is 6.10 Å². The van der Waals surface area contributed by atoms with E-state index in [1.807, 2.05) is 24.3 Å². The highest BCUT2D eigenvalue weighted by molar-refractivity contribution is 5.32. The summed E-state index contributed by atoms with van der Waals surface area (Å²) in [7, 11) is 1.62. The standard InChI is InChI=1S/C14H23NO3/c1-4-11(2)15-9-12(16)10-18-14-7-5-6-13(8-14)17-3/h5-8,11-12,15-16H,4,9-10H2,1-3H3/p+1/t11-,12+/m0/s1. The zero-order valence-electron chi connectivity index (χ0n) is 11.4. The fourth-order valence-corrected chi connectivity index (χ4v) is 1.51. The minimum absolute atomic E-state index is 0.306. The average molecular weight is 254 g/mol. The second-order valence-corrected chi connectivity index (χ2v) is 4.50. The first-order valence-corrected chi connectivity index (χ1v) is 6.44. The van der Waals surface area contributed by atoms with Gasteiger partial charge in [0.05, 0.1) is 13.2 Å². The lowest BCUT2D eigenvalue weighted by Crippen LogP contribution is -2.91. The second kappa shape index (κ2) is 7.95. The molecule has 1 aromatic rings. The van der Waals surface area contributed by atoms with Crippen molar-refractivity contribution in [2.24, 2.45) is 0 Å². The summed E-state index contributed by atoms with van der Waals surface area (Å²) < 4.78 is 10.6. The fraction of sp³-hybridized carbons (Fsp3) is 0.571. The van der Waals surface area contributed by atoms with Gasteiger partial charge in [-0.15, -0.1) is 0 Å². The van der Waals surface area contributed by atoms with Crippen LogP contribution in [0.1, 0.15) is 20.3 Å². The Balaban J connectivity index is 2.30. The number of nitrogens with two attached hydrogens (primary N) is 1. The first-order valence-electron chi connectivity index (χ1n) is 6.44. The van der Waals surface area contributed by atoms with Crippen LogP contribution < -0.4 is 14.8 Å². The van der Waals surface area contributed by atoms with E-state index in [9.17, 15) is 5.11 Å². The lowest BCUT2D eigenvalue weighted by molar-refractivity contribution is -0.691. The predicted octanol–water partition coefficient (Wildman–Crippen LogP) is 0.797. The SMILES string of the molecule is CC[C@H](C)[NH2+]C[C@@H](O)COc1cccc(OC)c1. The van der Waals surface area contributed by atoms with Crippen molar-refractivity contribution in [1.82, 2.24) is 0 Å². The van der Waals surface area contributed by atoms with Crippen molar-refractivity contribution in [3.63, 3.8) is 0 Å². The molecule has 0 saturated carbocycles. The Kier molecular flexibility index (Phi) is 6.54. The summed E-state index contributed by atoms with van der Waals surface area (Å²) in [4.78, 5) is 0. The highest BCUT2D eigenvalue weighted by Gasteiger charge is 2.10. The molecule has 0 aliphatic carbocycles. The maximum Gasteiger partial charge on any atom is 0.137 e. The summed E-state index contributed by atoms with van der Waals surface area (Å²) in [6, 6.07) is 7.93. The maximum absolute atomic E-state index is 9.79. The Morgan fingerprint density at radius 3 is 2.72 bits per heavy atom. The van der Waals surface area contributed by atoms with Gasteiger partial charge in [-0.05, 0) is 25.5 Å². The molecular weight excluding hydrogens is 230 g/mol. The highest BCUT2D eigenvalue weighted by Crippen LogP contribution is 2.18. The first-order chi connectivity index (χ1) is 8.65. The van der Waals surface area contributed by atoms with Gasteiger partial charge >= 0.3 is 0 Å². The Hall–Kier alpha value is -1.26. The monoisotopic (exact) mass is 254 g/mol. The molecule has 0 bridgehead atoms. The Bertz CT molecular complexity index is 344. The largest absolute Gasteiger partial charge is 0.497 e. The quantitative estimate of drug-likeness (QED) is 0.721. The Labute approximate surface area is 109 Å². The van der Waals surface area contributed by atoms with Crippen molar-refractivity contribution in [2.75, 3.05) is 20.3 Å². The maximum atomic E-state index is 9.79. The van der Waals surface area contributed by atoms with Crippen LogP contribution in [0.5, 0.6) is 11.5 Å². The van der Waals surface area contributed by atoms with Gasteiger partial charge in [0.25, 0.3) is 0 Å². The minimum Gasteiger partial charge on any atom is -0.497 e. The summed E-state index contributed by atoms with van der Waals surface area (Å²) in [5.41, 5.74) is 0. The molecule has 0 fully saturated rings. The molecule has 1 aromatic carbocycles. The van der Waals surface area contributed by atoms with Crippen LogP contribution in [0.15, 0.2) is 24.3 Å². The van der Waals surface area contributed by atoms with Crippen LogP contribution in [0.4, 0.5) is 0 Å². The summed E-state index contributed by atoms with van der Waals surface area (Å²) in [6.07, 6.45) is 0.647. The third kappa shape index (κ3) is 5.38. The van der Waals surface area contributed by atoms with E-state index in [1.165, 1.54) is 0 Å². The van der Waals surface area contributed by atoms with E-state index >= 15 is 0 Å². The Morgan fingerprint density at radius 2 is 2.06 bits per heavy atom. The molecule has 0 radical (unpaired) electrons. The van der Waals surface area contributed by atoms with Crippen LogP contribution >= 0.6 is 0 Å². The summed E-state index contributed by atoms with van der Waals surface area (Å²) in [5, 5.41) is 11.9. The lowest BCUT2D eigenvalue weighted by atomic mass is 10.2. The molecule has 102 valence electrons. The molecular formula is C14H24NO3+. The highest BCUT2D eigenvalue weighted by atomic mass is 16.5. The van der Waals surface area contributed by atoms with Gasteiger partial charge < -0.3 is 19.9 Å². The number of rotatable bonds is 8. The zero-order valence-corrected chi connectivity index (χ0v) is 11.4. The van der Waals surface area contributed by atoms with Crippen molar-refractivity contribution in [1.29, 1.82) is 0 Å². The van der Waals surface area contributed by atoms with Crippen LogP contribution in [0.3, 0.4) is 0 Å². The van der Waals surface area contributed by atoms with Crippen LogP contribution in [0, 0.1) is 0 Å². The van der Waals surface area contributed by atoms with Crippen molar-refractivity contribution in [3.8, 4) is 11.5 Å². The number of aliphatic hydroxyl groups is 1. The van der Waals surface area contributed by atoms with E-state index in [2.05, 4.69) is 19.2 Å². The number of methoxy groups -OCH3 is 1. The summed E-state index contributed by atoms with van der Waals surface area (Å²) in [5.74, 6) is 1.48. The molecule has 4 nitrogen and oxygen atoms in total. The number of benzene rings is 1. The van der Waals surface area contributed by atoms with Crippen molar-refractivity contribution < 1.29 is 19.9 Å². The zero-order chi connectivity index (χ0) is 13.4. The molecule has 4 heteroatoms. The number of quaternary nitrogens is 1. The van der Waals surface area contributed by atoms with Crippen molar-refractivity contribution in [2.45, 2.75) is 32.4 Å². The Morgan fingerprint density at radius 1 is 1.33 bits per heavy atom. The minimum atomic E-state index is -0.454. The van der Waals surface area contributed by atoms with Gasteiger partial charge in [-0.3, -0.25) is 0 Å². The topological polar surface area (TPSA) is 55.3 Å². The third-order valence-electron chi connectivity index (χ3n) is 2.94. The van der Waals surface area contributed by atoms with Crippen molar-refractivity contribution in [3.05, 3.63) is 24.3 Å². The van der Waals surface area contributed by atoms with Crippen molar-refractivity contribution >= 4 is 0 Å². The molecule has 0 spiro atoms. The van der Waals surface area contributed by atoms with Crippen LogP contribution in [-0.2, 0) is 0 Å². The molecule has 0 aromatic heterocycles. The van der Waals surface area contributed by atoms with Crippen LogP contribution in [-0.4, -0.2) is 37.5 Å². The van der Waals surface area contributed by atoms with Crippen LogP contribution in [0.2, 0.25) is 0 Å². The van der Waals surface area contributed by atoms with Gasteiger partial charge in [-0.1, -0.05) is 13.0 Å². The van der Waals surface area contributed by atoms with E-state index in [-0.39, 0.29) is 0 Å². The van der Waals surface area contributed by atoms with Crippen LogP contribution in [0.25, 0.3) is 0 Å². The number of ether oxygens (including phenoxy) is 2. The molecule has 0 heterocycles. The summed E-state index contributed by atoms with van der Waals surface area (Å²) in [6.45, 7) is 5.26. The van der Waals surface area contributed by atoms with Gasteiger partial charge in [-0.25, -0.2) is 0 Å². The van der Waals surface area contributed by atoms with Gasteiger partial charge in [0.15, 0.2) is 0 Å². The number of hydrogen-bond donors (Lipinski definition) is 2. The molecule has 0 aliphatic heterocycles. The van der Waals surface area contributed by atoms with Gasteiger partial charge in [-0.2, -0.15) is 0 Å². The average Bonchev–Trinajstić information content (AvgIpc) is 2.42. The molecule has 18 heavy (non-hydrogen) atoms. The fourth-order valence-electron chi connectivity index (χ4n) is 1.51. The normalized spacial score (nSPS) is 14.0. The van der Waals surface area contributed by atoms with E-state index in [4.69, 9.17) is 9.47 Å². The molecule has 3 N–H and O–H groups in total. The molecule has 0 unspecified atom stereocenters. The lowest BCUT2D eigenvalue weighted by Gasteiger charge is -2.14. The van der Waals surface area contributed by atoms with E-state index in [0.717, 1.165) is 17.9 Å². The predicted molar refractivity (Wildman–Crippen MR) is 71.0 cm³/mol. The van der Waals surface area contributed by atoms with Gasteiger partial charge in [0.1, 0.15) is 30.8 Å². The number of hydrogen-bond acceptors (Lipinski definition) is 3. The molecule has 0 saturated heterocycles. The van der Waals surface area contributed by atoms with E-state index in [1.54, 1.807) is 7.11 Å². The number of aliphatic hydroxyl groups excluding tert-OH is 1. The smallest absolute Gasteiger partial charge is 0.137 e. The van der Waals surface area contributed by atoms with E-state index in [0.29, 0.717) is 19.2 Å². The summed E-state index contributed by atoms with van der Waals surface area (Å²) >= 11 is 0. The van der Waals surface area contributed by atoms with Gasteiger partial charge in [0, 0.05) is 6.07 Å². The third-order valence-corrected chi connectivity index (χ3v) is 2.94. The first kappa shape index (κ1) is 14.8. The molecule has 0 aliphatic rings. The molecule has 0 amide bonds.